The van der Waals surface area contributed by atoms with Crippen molar-refractivity contribution < 1.29 is 4.39 Å². The first-order chi connectivity index (χ1) is 8.52. The fourth-order valence-electron chi connectivity index (χ4n) is 2.91. The van der Waals surface area contributed by atoms with Crippen molar-refractivity contribution in [3.05, 3.63) is 35.1 Å². The highest BCUT2D eigenvalue weighted by Crippen LogP contribution is 2.31. The summed E-state index contributed by atoms with van der Waals surface area (Å²) in [6.45, 7) is 9.29. The second-order valence-corrected chi connectivity index (χ2v) is 5.66. The van der Waals surface area contributed by atoms with E-state index in [0.29, 0.717) is 18.4 Å². The molecule has 2 rings (SSSR count). The summed E-state index contributed by atoms with van der Waals surface area (Å²) in [5, 5.41) is 0. The Morgan fingerprint density at radius 2 is 1.94 bits per heavy atom. The standard InChI is InChI=1S/C15H23FN2/c1-10-6-13(16)4-5-14(10)15(7-17)18-8-11(2)12(3)9-18/h4-6,11-12,15H,7-9,17H2,1-3H3. The lowest BCUT2D eigenvalue weighted by Crippen LogP contribution is -2.32. The second kappa shape index (κ2) is 5.37. The molecule has 0 spiro atoms. The Morgan fingerprint density at radius 1 is 1.33 bits per heavy atom. The number of hydrogen-bond donors (Lipinski definition) is 1. The number of aryl methyl sites for hydroxylation is 1. The summed E-state index contributed by atoms with van der Waals surface area (Å²) in [5.74, 6) is 1.25. The van der Waals surface area contributed by atoms with E-state index in [9.17, 15) is 4.39 Å². The Balaban J connectivity index is 2.23. The lowest BCUT2D eigenvalue weighted by molar-refractivity contribution is 0.239. The molecule has 1 aromatic rings. The van der Waals surface area contributed by atoms with E-state index >= 15 is 0 Å². The molecule has 0 amide bonds. The maximum Gasteiger partial charge on any atom is 0.123 e. The van der Waals surface area contributed by atoms with Gasteiger partial charge in [-0.2, -0.15) is 0 Å². The molecular formula is C15H23FN2. The molecule has 1 saturated heterocycles. The topological polar surface area (TPSA) is 29.3 Å². The van der Waals surface area contributed by atoms with Gasteiger partial charge in [-0.1, -0.05) is 19.9 Å². The Kier molecular flexibility index (Phi) is 4.03. The van der Waals surface area contributed by atoms with Gasteiger partial charge in [-0.05, 0) is 42.0 Å². The van der Waals surface area contributed by atoms with Crippen molar-refractivity contribution in [2.75, 3.05) is 19.6 Å². The van der Waals surface area contributed by atoms with Crippen LogP contribution in [0, 0.1) is 24.6 Å². The van der Waals surface area contributed by atoms with Gasteiger partial charge in [0.25, 0.3) is 0 Å². The monoisotopic (exact) mass is 250 g/mol. The van der Waals surface area contributed by atoms with Crippen LogP contribution in [0.3, 0.4) is 0 Å². The van der Waals surface area contributed by atoms with Crippen molar-refractivity contribution >= 4 is 0 Å². The molecule has 0 aromatic heterocycles. The van der Waals surface area contributed by atoms with Crippen LogP contribution in [0.15, 0.2) is 18.2 Å². The van der Waals surface area contributed by atoms with Gasteiger partial charge in [0.05, 0.1) is 0 Å². The molecule has 2 nitrogen and oxygen atoms in total. The van der Waals surface area contributed by atoms with Gasteiger partial charge in [-0.3, -0.25) is 4.90 Å². The van der Waals surface area contributed by atoms with E-state index in [2.05, 4.69) is 18.7 Å². The van der Waals surface area contributed by atoms with Crippen LogP contribution >= 0.6 is 0 Å². The summed E-state index contributed by atoms with van der Waals surface area (Å²) in [4.78, 5) is 2.44. The molecule has 3 atom stereocenters. The molecule has 1 aromatic carbocycles. The summed E-state index contributed by atoms with van der Waals surface area (Å²) < 4.78 is 13.2. The lowest BCUT2D eigenvalue weighted by atomic mass is 10.00. The minimum Gasteiger partial charge on any atom is -0.329 e. The third kappa shape index (κ3) is 2.57. The third-order valence-electron chi connectivity index (χ3n) is 4.27. The van der Waals surface area contributed by atoms with E-state index in [0.717, 1.165) is 18.7 Å². The minimum atomic E-state index is -0.171. The Labute approximate surface area is 109 Å². The number of hydrogen-bond acceptors (Lipinski definition) is 2. The fraction of sp³-hybridized carbons (Fsp3) is 0.600. The van der Waals surface area contributed by atoms with Gasteiger partial charge >= 0.3 is 0 Å². The first-order valence-electron chi connectivity index (χ1n) is 6.73. The maximum absolute atomic E-state index is 13.2. The van der Waals surface area contributed by atoms with E-state index < -0.39 is 0 Å². The number of halogens is 1. The van der Waals surface area contributed by atoms with Crippen molar-refractivity contribution in [1.29, 1.82) is 0 Å². The number of benzene rings is 1. The molecular weight excluding hydrogens is 227 g/mol. The predicted molar refractivity (Wildman–Crippen MR) is 72.8 cm³/mol. The van der Waals surface area contributed by atoms with Crippen LogP contribution in [0.5, 0.6) is 0 Å². The summed E-state index contributed by atoms with van der Waals surface area (Å²) in [6, 6.07) is 5.24. The molecule has 0 radical (unpaired) electrons. The smallest absolute Gasteiger partial charge is 0.123 e. The van der Waals surface area contributed by atoms with Crippen LogP contribution in [0.25, 0.3) is 0 Å². The molecule has 0 bridgehead atoms. The predicted octanol–water partition coefficient (Wildman–Crippen LogP) is 2.72. The largest absolute Gasteiger partial charge is 0.329 e. The number of nitrogens with zero attached hydrogens (tertiary/aromatic N) is 1. The van der Waals surface area contributed by atoms with Crippen LogP contribution in [0.2, 0.25) is 0 Å². The average Bonchev–Trinajstić information content (AvgIpc) is 2.63. The van der Waals surface area contributed by atoms with Gasteiger partial charge in [0.1, 0.15) is 5.82 Å². The average molecular weight is 250 g/mol. The quantitative estimate of drug-likeness (QED) is 0.893. The Hall–Kier alpha value is -0.930. The third-order valence-corrected chi connectivity index (χ3v) is 4.27. The van der Waals surface area contributed by atoms with Crippen LogP contribution in [-0.2, 0) is 0 Å². The molecule has 100 valence electrons. The van der Waals surface area contributed by atoms with Crippen LogP contribution in [0.1, 0.15) is 31.0 Å². The van der Waals surface area contributed by atoms with Gasteiger partial charge in [0.2, 0.25) is 0 Å². The second-order valence-electron chi connectivity index (χ2n) is 5.66. The van der Waals surface area contributed by atoms with Gasteiger partial charge in [-0.15, -0.1) is 0 Å². The van der Waals surface area contributed by atoms with Crippen molar-refractivity contribution in [2.45, 2.75) is 26.8 Å². The summed E-state index contributed by atoms with van der Waals surface area (Å²) >= 11 is 0. The van der Waals surface area contributed by atoms with Crippen LogP contribution in [0.4, 0.5) is 4.39 Å². The number of nitrogens with two attached hydrogens (primary N) is 1. The molecule has 3 heteroatoms. The highest BCUT2D eigenvalue weighted by atomic mass is 19.1. The van der Waals surface area contributed by atoms with Crippen molar-refractivity contribution in [3.63, 3.8) is 0 Å². The maximum atomic E-state index is 13.2. The lowest BCUT2D eigenvalue weighted by Gasteiger charge is -2.28. The molecule has 3 unspecified atom stereocenters. The van der Waals surface area contributed by atoms with Crippen LogP contribution in [-0.4, -0.2) is 24.5 Å². The van der Waals surface area contributed by atoms with Gasteiger partial charge in [0, 0.05) is 25.7 Å². The number of likely N-dealkylation sites (tertiary alicyclic amines) is 1. The zero-order valence-corrected chi connectivity index (χ0v) is 11.5. The molecule has 2 N–H and O–H groups in total. The molecule has 18 heavy (non-hydrogen) atoms. The molecule has 1 heterocycles. The van der Waals surface area contributed by atoms with Gasteiger partial charge < -0.3 is 5.73 Å². The SMILES string of the molecule is Cc1cc(F)ccc1C(CN)N1CC(C)C(C)C1. The fourth-order valence-corrected chi connectivity index (χ4v) is 2.91. The first-order valence-corrected chi connectivity index (χ1v) is 6.73. The molecule has 1 fully saturated rings. The van der Waals surface area contributed by atoms with Crippen molar-refractivity contribution in [2.24, 2.45) is 17.6 Å². The van der Waals surface area contributed by atoms with E-state index in [1.807, 2.05) is 13.0 Å². The van der Waals surface area contributed by atoms with Crippen LogP contribution < -0.4 is 5.73 Å². The summed E-state index contributed by atoms with van der Waals surface area (Å²) in [5.41, 5.74) is 8.11. The number of rotatable bonds is 3. The van der Waals surface area contributed by atoms with E-state index in [-0.39, 0.29) is 11.9 Å². The molecule has 1 aliphatic rings. The Bertz CT molecular complexity index is 409. The van der Waals surface area contributed by atoms with E-state index in [4.69, 9.17) is 5.73 Å². The zero-order chi connectivity index (χ0) is 13.3. The highest BCUT2D eigenvalue weighted by Gasteiger charge is 2.31. The van der Waals surface area contributed by atoms with Gasteiger partial charge in [0.15, 0.2) is 0 Å². The highest BCUT2D eigenvalue weighted by molar-refractivity contribution is 5.30. The Morgan fingerprint density at radius 3 is 2.44 bits per heavy atom. The molecule has 0 aliphatic carbocycles. The van der Waals surface area contributed by atoms with Crippen molar-refractivity contribution in [3.8, 4) is 0 Å². The summed E-state index contributed by atoms with van der Waals surface area (Å²) in [7, 11) is 0. The van der Waals surface area contributed by atoms with E-state index in [1.54, 1.807) is 6.07 Å². The normalized spacial score (nSPS) is 26.5. The first kappa shape index (κ1) is 13.5. The van der Waals surface area contributed by atoms with Gasteiger partial charge in [-0.25, -0.2) is 4.39 Å². The molecule has 0 saturated carbocycles. The summed E-state index contributed by atoms with van der Waals surface area (Å²) in [6.07, 6.45) is 0. The zero-order valence-electron chi connectivity index (χ0n) is 11.5. The van der Waals surface area contributed by atoms with E-state index in [1.165, 1.54) is 11.6 Å². The molecule has 1 aliphatic heterocycles. The van der Waals surface area contributed by atoms with Crippen molar-refractivity contribution in [1.82, 2.24) is 4.90 Å². The minimum absolute atomic E-state index is 0.171.